The molecule has 2 rings (SSSR count). The molecule has 0 spiro atoms. The van der Waals surface area contributed by atoms with Crippen molar-refractivity contribution in [2.24, 2.45) is 0 Å². The molecule has 0 atom stereocenters. The van der Waals surface area contributed by atoms with Crippen molar-refractivity contribution >= 4 is 19.7 Å². The molecule has 2 aromatic rings. The van der Waals surface area contributed by atoms with Crippen LogP contribution in [0.4, 0.5) is 0 Å². The number of unbranched alkanes of at least 4 members (excludes halogenated alkanes) is 5. The van der Waals surface area contributed by atoms with Gasteiger partial charge in [-0.2, -0.15) is 0 Å². The minimum absolute atomic E-state index is 0.0435. The van der Waals surface area contributed by atoms with E-state index in [1.807, 2.05) is 0 Å². The molecule has 0 saturated carbocycles. The summed E-state index contributed by atoms with van der Waals surface area (Å²) >= 11 is 0. The molecule has 0 aromatic heterocycles. The fraction of sp³-hybridized carbons (Fsp3) is 0.364. The predicted octanol–water partition coefficient (Wildman–Crippen LogP) is 5.53. The van der Waals surface area contributed by atoms with E-state index in [0.717, 1.165) is 37.5 Å². The molecule has 0 heterocycles. The summed E-state index contributed by atoms with van der Waals surface area (Å²) in [4.78, 5) is 0.173. The van der Waals surface area contributed by atoms with Gasteiger partial charge in [-0.25, -0.2) is 16.8 Å². The van der Waals surface area contributed by atoms with Crippen LogP contribution in [0.25, 0.3) is 0 Å². The quantitative estimate of drug-likeness (QED) is 0.448. The van der Waals surface area contributed by atoms with Crippen molar-refractivity contribution in [3.63, 3.8) is 0 Å². The number of hydrogen-bond acceptors (Lipinski definition) is 4. The lowest BCUT2D eigenvalue weighted by molar-refractivity contribution is 0.588. The molecular formula is C22H28O4S2. The van der Waals surface area contributed by atoms with E-state index in [1.165, 1.54) is 24.3 Å². The lowest BCUT2D eigenvalue weighted by Gasteiger charge is -2.10. The van der Waals surface area contributed by atoms with Crippen molar-refractivity contribution in [3.8, 4) is 0 Å². The number of sulfone groups is 2. The van der Waals surface area contributed by atoms with E-state index in [0.29, 0.717) is 6.42 Å². The van der Waals surface area contributed by atoms with Crippen molar-refractivity contribution in [3.05, 3.63) is 71.0 Å². The Morgan fingerprint density at radius 1 is 0.714 bits per heavy atom. The van der Waals surface area contributed by atoms with Crippen LogP contribution in [-0.2, 0) is 19.7 Å². The van der Waals surface area contributed by atoms with E-state index in [-0.39, 0.29) is 21.1 Å². The average molecular weight is 421 g/mol. The van der Waals surface area contributed by atoms with Gasteiger partial charge >= 0.3 is 0 Å². The van der Waals surface area contributed by atoms with E-state index in [1.54, 1.807) is 36.4 Å². The van der Waals surface area contributed by atoms with Gasteiger partial charge in [-0.15, -0.1) is 0 Å². The third-order valence-corrected chi connectivity index (χ3v) is 8.11. The summed E-state index contributed by atoms with van der Waals surface area (Å²) in [5, 5.41) is 0.941. The van der Waals surface area contributed by atoms with Gasteiger partial charge in [0.2, 0.25) is 19.7 Å². The first-order chi connectivity index (χ1) is 13.4. The molecule has 0 unspecified atom stereocenters. The number of allylic oxidation sites excluding steroid dienone is 1. The maximum Gasteiger partial charge on any atom is 0.203 e. The summed E-state index contributed by atoms with van der Waals surface area (Å²) in [6.07, 6.45) is 6.19. The van der Waals surface area contributed by atoms with Gasteiger partial charge in [-0.3, -0.25) is 0 Å². The molecule has 152 valence electrons. The number of hydrogen-bond donors (Lipinski definition) is 0. The lowest BCUT2D eigenvalue weighted by atomic mass is 10.1. The second kappa shape index (κ2) is 10.6. The SMILES string of the molecule is CCCCCCCC/C(=C\S(=O)(=O)c1ccccc1)S(=O)(=O)c1ccccc1. The summed E-state index contributed by atoms with van der Waals surface area (Å²) in [5.74, 6) is 0. The molecular weight excluding hydrogens is 392 g/mol. The zero-order valence-electron chi connectivity index (χ0n) is 16.3. The second-order valence-corrected chi connectivity index (χ2v) is 10.6. The molecule has 0 radical (unpaired) electrons. The summed E-state index contributed by atoms with van der Waals surface area (Å²) in [6.45, 7) is 2.14. The zero-order chi connectivity index (χ0) is 20.5. The van der Waals surface area contributed by atoms with Crippen LogP contribution in [0.5, 0.6) is 0 Å². The molecule has 0 fully saturated rings. The lowest BCUT2D eigenvalue weighted by Crippen LogP contribution is -2.08. The van der Waals surface area contributed by atoms with E-state index < -0.39 is 19.7 Å². The van der Waals surface area contributed by atoms with Gasteiger partial charge in [-0.1, -0.05) is 75.4 Å². The van der Waals surface area contributed by atoms with Crippen molar-refractivity contribution in [1.82, 2.24) is 0 Å². The van der Waals surface area contributed by atoms with Crippen LogP contribution in [0.15, 0.2) is 80.8 Å². The summed E-state index contributed by atoms with van der Waals surface area (Å²) in [5.41, 5.74) is 0. The van der Waals surface area contributed by atoms with Crippen molar-refractivity contribution < 1.29 is 16.8 Å². The third kappa shape index (κ3) is 6.31. The Balaban J connectivity index is 2.31. The fourth-order valence-corrected chi connectivity index (χ4v) is 6.19. The molecule has 28 heavy (non-hydrogen) atoms. The third-order valence-electron chi connectivity index (χ3n) is 4.53. The topological polar surface area (TPSA) is 68.3 Å². The normalized spacial score (nSPS) is 12.8. The van der Waals surface area contributed by atoms with Crippen LogP contribution >= 0.6 is 0 Å². The van der Waals surface area contributed by atoms with E-state index in [9.17, 15) is 16.8 Å². The summed E-state index contributed by atoms with van der Waals surface area (Å²) in [6, 6.07) is 15.9. The van der Waals surface area contributed by atoms with Gasteiger partial charge in [0, 0.05) is 0 Å². The monoisotopic (exact) mass is 420 g/mol. The van der Waals surface area contributed by atoms with Crippen LogP contribution in [0, 0.1) is 0 Å². The standard InChI is InChI=1S/C22H28O4S2/c1-2-3-4-5-6-9-18-22(28(25,26)21-16-12-8-13-17-21)19-27(23,24)20-14-10-7-11-15-20/h7-8,10-17,19H,2-6,9,18H2,1H3/b22-19+. The Kier molecular flexibility index (Phi) is 8.45. The summed E-state index contributed by atoms with van der Waals surface area (Å²) in [7, 11) is -7.70. The van der Waals surface area contributed by atoms with Crippen LogP contribution in [-0.4, -0.2) is 16.8 Å². The Hall–Kier alpha value is -1.92. The molecule has 4 nitrogen and oxygen atoms in total. The van der Waals surface area contributed by atoms with Gasteiger partial charge in [0.15, 0.2) is 0 Å². The highest BCUT2D eigenvalue weighted by Crippen LogP contribution is 2.27. The van der Waals surface area contributed by atoms with Crippen molar-refractivity contribution in [2.45, 2.75) is 61.7 Å². The largest absolute Gasteiger partial charge is 0.219 e. The second-order valence-electron chi connectivity index (χ2n) is 6.78. The van der Waals surface area contributed by atoms with Crippen molar-refractivity contribution in [2.75, 3.05) is 0 Å². The van der Waals surface area contributed by atoms with Crippen LogP contribution in [0.1, 0.15) is 51.9 Å². The highest BCUT2D eigenvalue weighted by atomic mass is 32.2. The molecule has 0 aliphatic heterocycles. The molecule has 0 aliphatic rings. The smallest absolute Gasteiger partial charge is 0.203 e. The molecule has 0 N–H and O–H groups in total. The Bertz CT molecular complexity index is 962. The Morgan fingerprint density at radius 2 is 1.21 bits per heavy atom. The van der Waals surface area contributed by atoms with E-state index in [4.69, 9.17) is 0 Å². The molecule has 0 amide bonds. The minimum atomic E-state index is -3.86. The number of benzene rings is 2. The molecule has 2 aromatic carbocycles. The fourth-order valence-electron chi connectivity index (χ4n) is 2.94. The molecule has 0 bridgehead atoms. The van der Waals surface area contributed by atoms with Crippen LogP contribution in [0.2, 0.25) is 0 Å². The first-order valence-corrected chi connectivity index (χ1v) is 12.7. The predicted molar refractivity (Wildman–Crippen MR) is 113 cm³/mol. The van der Waals surface area contributed by atoms with Gasteiger partial charge in [0.05, 0.1) is 20.1 Å². The van der Waals surface area contributed by atoms with Gasteiger partial charge in [0.25, 0.3) is 0 Å². The highest BCUT2D eigenvalue weighted by molar-refractivity contribution is 7.98. The Labute approximate surface area is 169 Å². The van der Waals surface area contributed by atoms with Crippen LogP contribution in [0.3, 0.4) is 0 Å². The van der Waals surface area contributed by atoms with Gasteiger partial charge < -0.3 is 0 Å². The van der Waals surface area contributed by atoms with E-state index >= 15 is 0 Å². The first kappa shape index (κ1) is 22.4. The first-order valence-electron chi connectivity index (χ1n) is 9.69. The van der Waals surface area contributed by atoms with Gasteiger partial charge in [-0.05, 0) is 37.1 Å². The van der Waals surface area contributed by atoms with Crippen LogP contribution < -0.4 is 0 Å². The maximum absolute atomic E-state index is 13.1. The Morgan fingerprint density at radius 3 is 1.79 bits per heavy atom. The molecule has 0 saturated heterocycles. The average Bonchev–Trinajstić information content (AvgIpc) is 2.71. The van der Waals surface area contributed by atoms with Gasteiger partial charge in [0.1, 0.15) is 0 Å². The molecule has 6 heteroatoms. The maximum atomic E-state index is 13.1. The number of rotatable bonds is 11. The highest BCUT2D eigenvalue weighted by Gasteiger charge is 2.24. The van der Waals surface area contributed by atoms with Crippen molar-refractivity contribution in [1.29, 1.82) is 0 Å². The molecule has 0 aliphatic carbocycles. The minimum Gasteiger partial charge on any atom is -0.219 e. The van der Waals surface area contributed by atoms with E-state index in [2.05, 4.69) is 6.92 Å². The zero-order valence-corrected chi connectivity index (χ0v) is 17.9. The summed E-state index contributed by atoms with van der Waals surface area (Å²) < 4.78 is 51.7.